The first-order chi connectivity index (χ1) is 10.6. The molecule has 1 aromatic carbocycles. The molecule has 0 saturated heterocycles. The fourth-order valence-corrected chi connectivity index (χ4v) is 2.03. The Morgan fingerprint density at radius 1 is 1.23 bits per heavy atom. The molecule has 0 amide bonds. The van der Waals surface area contributed by atoms with Crippen LogP contribution in [-0.2, 0) is 25.7 Å². The fourth-order valence-electron chi connectivity index (χ4n) is 2.03. The van der Waals surface area contributed by atoms with Crippen LogP contribution in [0.2, 0.25) is 0 Å². The van der Waals surface area contributed by atoms with Crippen LogP contribution in [0.4, 0.5) is 0 Å². The van der Waals surface area contributed by atoms with Gasteiger partial charge in [0, 0.05) is 12.8 Å². The quantitative estimate of drug-likeness (QED) is 0.491. The molecule has 0 bridgehead atoms. The first-order valence-corrected chi connectivity index (χ1v) is 7.53. The molecule has 0 radical (unpaired) electrons. The van der Waals surface area contributed by atoms with Crippen molar-refractivity contribution in [3.05, 3.63) is 48.6 Å². The van der Waals surface area contributed by atoms with Gasteiger partial charge in [-0.25, -0.2) is 0 Å². The number of hydrogen-bond acceptors (Lipinski definition) is 4. The molecule has 0 N–H and O–H groups in total. The van der Waals surface area contributed by atoms with Crippen molar-refractivity contribution in [3.63, 3.8) is 0 Å². The minimum Gasteiger partial charge on any atom is -0.466 e. The van der Waals surface area contributed by atoms with Gasteiger partial charge in [0.2, 0.25) is 0 Å². The van der Waals surface area contributed by atoms with Crippen molar-refractivity contribution >= 4 is 11.8 Å². The minimum atomic E-state index is -0.575. The Balaban J connectivity index is 2.36. The molecular weight excluding hydrogens is 280 g/mol. The normalized spacial score (nSPS) is 13.2. The molecule has 1 rings (SSSR count). The van der Waals surface area contributed by atoms with Crippen LogP contribution in [0, 0.1) is 5.92 Å². The number of benzene rings is 1. The summed E-state index contributed by atoms with van der Waals surface area (Å²) in [5.41, 5.74) is 1.07. The molecule has 22 heavy (non-hydrogen) atoms. The lowest BCUT2D eigenvalue weighted by atomic mass is 10.00. The first-order valence-electron chi connectivity index (χ1n) is 7.53. The van der Waals surface area contributed by atoms with Crippen molar-refractivity contribution in [1.82, 2.24) is 0 Å². The molecule has 0 aliphatic carbocycles. The molecule has 0 fully saturated rings. The highest BCUT2D eigenvalue weighted by atomic mass is 16.5. The van der Waals surface area contributed by atoms with Crippen LogP contribution >= 0.6 is 0 Å². The molecule has 2 atom stereocenters. The Morgan fingerprint density at radius 3 is 2.50 bits per heavy atom. The monoisotopic (exact) mass is 304 g/mol. The summed E-state index contributed by atoms with van der Waals surface area (Å²) in [5, 5.41) is 0. The molecule has 120 valence electrons. The Labute approximate surface area is 132 Å². The van der Waals surface area contributed by atoms with E-state index in [2.05, 4.69) is 6.58 Å². The average Bonchev–Trinajstić information content (AvgIpc) is 2.51. The van der Waals surface area contributed by atoms with E-state index in [-0.39, 0.29) is 24.7 Å². The number of ketones is 1. The number of esters is 1. The van der Waals surface area contributed by atoms with Gasteiger partial charge >= 0.3 is 5.97 Å². The number of Topliss-reactive ketones (excluding diaryl/α,β-unsaturated/α-hetero) is 1. The van der Waals surface area contributed by atoms with E-state index in [1.807, 2.05) is 37.3 Å². The maximum atomic E-state index is 12.0. The highest BCUT2D eigenvalue weighted by Crippen LogP contribution is 2.12. The molecule has 1 aromatic rings. The topological polar surface area (TPSA) is 52.6 Å². The van der Waals surface area contributed by atoms with Gasteiger partial charge in [-0.05, 0) is 19.4 Å². The van der Waals surface area contributed by atoms with E-state index >= 15 is 0 Å². The van der Waals surface area contributed by atoms with Crippen LogP contribution in [-0.4, -0.2) is 24.5 Å². The molecule has 1 unspecified atom stereocenters. The van der Waals surface area contributed by atoms with Crippen LogP contribution in [0.15, 0.2) is 43.0 Å². The lowest BCUT2D eigenvalue weighted by Crippen LogP contribution is -2.22. The average molecular weight is 304 g/mol. The summed E-state index contributed by atoms with van der Waals surface area (Å²) in [4.78, 5) is 23.6. The van der Waals surface area contributed by atoms with Crippen LogP contribution in [0.3, 0.4) is 0 Å². The van der Waals surface area contributed by atoms with Crippen molar-refractivity contribution in [2.45, 2.75) is 39.4 Å². The zero-order valence-corrected chi connectivity index (χ0v) is 13.3. The summed E-state index contributed by atoms with van der Waals surface area (Å²) in [6, 6.07) is 9.79. The summed E-state index contributed by atoms with van der Waals surface area (Å²) in [5.74, 6) is -1.00. The number of carbonyl (C=O) groups excluding carboxylic acids is 2. The van der Waals surface area contributed by atoms with Crippen molar-refractivity contribution in [2.75, 3.05) is 6.61 Å². The molecule has 0 aliphatic rings. The van der Waals surface area contributed by atoms with Gasteiger partial charge in [-0.3, -0.25) is 9.59 Å². The van der Waals surface area contributed by atoms with Gasteiger partial charge in [0.15, 0.2) is 0 Å². The van der Waals surface area contributed by atoms with E-state index in [9.17, 15) is 9.59 Å². The molecule has 0 saturated carbocycles. The zero-order valence-electron chi connectivity index (χ0n) is 13.3. The third-order valence-corrected chi connectivity index (χ3v) is 3.21. The second-order valence-corrected chi connectivity index (χ2v) is 5.15. The number of hydrogen-bond donors (Lipinski definition) is 0. The van der Waals surface area contributed by atoms with E-state index < -0.39 is 11.9 Å². The van der Waals surface area contributed by atoms with E-state index in [0.29, 0.717) is 13.2 Å². The van der Waals surface area contributed by atoms with Crippen LogP contribution < -0.4 is 0 Å². The third kappa shape index (κ3) is 6.68. The minimum absolute atomic E-state index is 0.0292. The number of carbonyl (C=O) groups is 2. The molecule has 0 aromatic heterocycles. The molecule has 4 nitrogen and oxygen atoms in total. The second kappa shape index (κ2) is 9.90. The largest absolute Gasteiger partial charge is 0.466 e. The van der Waals surface area contributed by atoms with Gasteiger partial charge in [0.05, 0.1) is 25.2 Å². The maximum absolute atomic E-state index is 12.0. The van der Waals surface area contributed by atoms with Gasteiger partial charge in [0.25, 0.3) is 0 Å². The van der Waals surface area contributed by atoms with Gasteiger partial charge in [-0.15, -0.1) is 6.58 Å². The highest BCUT2D eigenvalue weighted by molar-refractivity contribution is 5.85. The summed E-state index contributed by atoms with van der Waals surface area (Å²) in [6.45, 7) is 7.95. The first kappa shape index (κ1) is 18.1. The number of ether oxygens (including phenoxy) is 2. The lowest BCUT2D eigenvalue weighted by Gasteiger charge is -2.14. The predicted octanol–water partition coefficient (Wildman–Crippen LogP) is 3.31. The number of rotatable bonds is 10. The van der Waals surface area contributed by atoms with Gasteiger partial charge < -0.3 is 9.47 Å². The summed E-state index contributed by atoms with van der Waals surface area (Å²) >= 11 is 0. The lowest BCUT2D eigenvalue weighted by molar-refractivity contribution is -0.148. The Kier molecular flexibility index (Phi) is 8.15. The summed E-state index contributed by atoms with van der Waals surface area (Å²) in [6.07, 6.45) is 1.66. The smallest absolute Gasteiger partial charge is 0.313 e. The summed E-state index contributed by atoms with van der Waals surface area (Å²) in [7, 11) is 0. The molecule has 0 heterocycles. The van der Waals surface area contributed by atoms with Gasteiger partial charge in [-0.2, -0.15) is 0 Å². The molecule has 0 aliphatic heterocycles. The van der Waals surface area contributed by atoms with Gasteiger partial charge in [-0.1, -0.05) is 36.4 Å². The van der Waals surface area contributed by atoms with Crippen molar-refractivity contribution in [3.8, 4) is 0 Å². The molecule has 4 heteroatoms. The molecular formula is C18H24O4. The second-order valence-electron chi connectivity index (χ2n) is 5.15. The standard InChI is InChI=1S/C18H24O4/c1-4-16(18(20)21-5-2)12-17(19)11-14(3)22-13-15-9-7-6-8-10-15/h4,6-10,14,16H,1,5,11-13H2,2-3H3/t14-,16?/m0/s1. The van der Waals surface area contributed by atoms with Crippen LogP contribution in [0.5, 0.6) is 0 Å². The van der Waals surface area contributed by atoms with Crippen molar-refractivity contribution in [1.29, 1.82) is 0 Å². The van der Waals surface area contributed by atoms with Crippen molar-refractivity contribution in [2.24, 2.45) is 5.92 Å². The van der Waals surface area contributed by atoms with Crippen LogP contribution in [0.1, 0.15) is 32.3 Å². The zero-order chi connectivity index (χ0) is 16.4. The molecule has 0 spiro atoms. The van der Waals surface area contributed by atoms with Gasteiger partial charge in [0.1, 0.15) is 5.78 Å². The van der Waals surface area contributed by atoms with E-state index in [4.69, 9.17) is 9.47 Å². The Morgan fingerprint density at radius 2 is 1.91 bits per heavy atom. The van der Waals surface area contributed by atoms with Crippen LogP contribution in [0.25, 0.3) is 0 Å². The van der Waals surface area contributed by atoms with E-state index in [1.165, 1.54) is 6.08 Å². The highest BCUT2D eigenvalue weighted by Gasteiger charge is 2.21. The SMILES string of the molecule is C=CC(CC(=O)C[C@H](C)OCc1ccccc1)C(=O)OCC. The van der Waals surface area contributed by atoms with Crippen molar-refractivity contribution < 1.29 is 19.1 Å². The summed E-state index contributed by atoms with van der Waals surface area (Å²) < 4.78 is 10.6. The predicted molar refractivity (Wildman–Crippen MR) is 85.3 cm³/mol. The van der Waals surface area contributed by atoms with E-state index in [1.54, 1.807) is 6.92 Å². The Hall–Kier alpha value is -1.94. The maximum Gasteiger partial charge on any atom is 0.313 e. The van der Waals surface area contributed by atoms with E-state index in [0.717, 1.165) is 5.56 Å². The fraction of sp³-hybridized carbons (Fsp3) is 0.444. The third-order valence-electron chi connectivity index (χ3n) is 3.21. The Bertz CT molecular complexity index is 481.